The summed E-state index contributed by atoms with van der Waals surface area (Å²) in [6.45, 7) is 0. The van der Waals surface area contributed by atoms with Crippen molar-refractivity contribution in [3.05, 3.63) is 24.0 Å². The molecule has 0 aliphatic heterocycles. The summed E-state index contributed by atoms with van der Waals surface area (Å²) in [5, 5.41) is 12.4. The Bertz CT molecular complexity index is 389. The molecule has 0 bridgehead atoms. The minimum absolute atomic E-state index is 0.195. The average molecular weight is 222 g/mol. The molecule has 5 heteroatoms. The van der Waals surface area contributed by atoms with E-state index in [0.717, 1.165) is 18.5 Å². The zero-order valence-electron chi connectivity index (χ0n) is 9.01. The monoisotopic (exact) mass is 222 g/mol. The van der Waals surface area contributed by atoms with E-state index in [-0.39, 0.29) is 17.8 Å². The number of hydrogen-bond donors (Lipinski definition) is 2. The molecular weight excluding hydrogens is 208 g/mol. The molecule has 1 saturated carbocycles. The van der Waals surface area contributed by atoms with Gasteiger partial charge in [0.05, 0.1) is 13.2 Å². The quantitative estimate of drug-likeness (QED) is 0.740. The number of anilines is 1. The molecule has 1 fully saturated rings. The Morgan fingerprint density at radius 2 is 2.38 bits per heavy atom. The van der Waals surface area contributed by atoms with Crippen LogP contribution in [0.5, 0.6) is 0 Å². The summed E-state index contributed by atoms with van der Waals surface area (Å²) in [4.78, 5) is 15.1. The van der Waals surface area contributed by atoms with Gasteiger partial charge in [-0.05, 0) is 25.0 Å². The largest absolute Gasteiger partial charge is 0.464 e. The number of aliphatic hydroxyl groups is 1. The fraction of sp³-hybridized carbons (Fsp3) is 0.455. The number of esters is 1. The lowest BCUT2D eigenvalue weighted by Gasteiger charge is -2.32. The lowest BCUT2D eigenvalue weighted by Crippen LogP contribution is -2.38. The Hall–Kier alpha value is -1.62. The molecular formula is C11H14N2O3. The van der Waals surface area contributed by atoms with Crippen molar-refractivity contribution in [1.29, 1.82) is 0 Å². The highest BCUT2D eigenvalue weighted by Crippen LogP contribution is 2.23. The minimum Gasteiger partial charge on any atom is -0.464 e. The average Bonchev–Trinajstić information content (AvgIpc) is 2.26. The lowest BCUT2D eigenvalue weighted by atomic mass is 9.89. The van der Waals surface area contributed by atoms with Crippen molar-refractivity contribution in [2.24, 2.45) is 0 Å². The van der Waals surface area contributed by atoms with Crippen LogP contribution in [0.25, 0.3) is 0 Å². The van der Waals surface area contributed by atoms with Crippen LogP contribution in [0.4, 0.5) is 5.69 Å². The molecule has 16 heavy (non-hydrogen) atoms. The highest BCUT2D eigenvalue weighted by molar-refractivity contribution is 5.88. The molecule has 0 aromatic carbocycles. The number of pyridine rings is 1. The summed E-state index contributed by atoms with van der Waals surface area (Å²) >= 11 is 0. The smallest absolute Gasteiger partial charge is 0.356 e. The number of nitrogens with one attached hydrogen (secondary N) is 1. The summed E-state index contributed by atoms with van der Waals surface area (Å²) in [6, 6.07) is 3.72. The first-order valence-electron chi connectivity index (χ1n) is 5.18. The van der Waals surface area contributed by atoms with E-state index >= 15 is 0 Å². The maximum absolute atomic E-state index is 11.2. The van der Waals surface area contributed by atoms with Gasteiger partial charge in [0.25, 0.3) is 0 Å². The first-order chi connectivity index (χ1) is 7.69. The molecule has 1 heterocycles. The zero-order valence-corrected chi connectivity index (χ0v) is 9.01. The molecule has 1 aliphatic rings. The predicted octanol–water partition coefficient (Wildman–Crippen LogP) is 0.803. The summed E-state index contributed by atoms with van der Waals surface area (Å²) in [7, 11) is 1.33. The minimum atomic E-state index is -0.447. The second-order valence-electron chi connectivity index (χ2n) is 3.89. The van der Waals surface area contributed by atoms with Crippen molar-refractivity contribution >= 4 is 11.7 Å². The number of carbonyl (C=O) groups excluding carboxylic acids is 1. The van der Waals surface area contributed by atoms with Crippen LogP contribution >= 0.6 is 0 Å². The third-order valence-electron chi connectivity index (χ3n) is 2.64. The van der Waals surface area contributed by atoms with E-state index in [1.165, 1.54) is 7.11 Å². The van der Waals surface area contributed by atoms with Crippen LogP contribution in [-0.2, 0) is 4.74 Å². The van der Waals surface area contributed by atoms with E-state index in [9.17, 15) is 4.79 Å². The normalized spacial score (nSPS) is 23.4. The Kier molecular flexibility index (Phi) is 3.05. The molecule has 2 N–H and O–H groups in total. The standard InChI is InChI=1S/C11H14N2O3/c1-16-11(15)10-6-7(2-3-12-10)13-8-4-9(14)5-8/h2-3,6,8-9,14H,4-5H2,1H3,(H,12,13). The van der Waals surface area contributed by atoms with E-state index in [1.54, 1.807) is 18.3 Å². The molecule has 1 aromatic rings. The molecule has 0 saturated heterocycles. The van der Waals surface area contributed by atoms with Crippen LogP contribution in [0, 0.1) is 0 Å². The first-order valence-corrected chi connectivity index (χ1v) is 5.18. The van der Waals surface area contributed by atoms with Gasteiger partial charge in [-0.3, -0.25) is 0 Å². The maximum Gasteiger partial charge on any atom is 0.356 e. The van der Waals surface area contributed by atoms with E-state index in [0.29, 0.717) is 0 Å². The molecule has 2 rings (SSSR count). The van der Waals surface area contributed by atoms with E-state index in [1.807, 2.05) is 0 Å². The lowest BCUT2D eigenvalue weighted by molar-refractivity contribution is 0.0593. The second-order valence-corrected chi connectivity index (χ2v) is 3.89. The van der Waals surface area contributed by atoms with Gasteiger partial charge in [-0.15, -0.1) is 0 Å². The fourth-order valence-corrected chi connectivity index (χ4v) is 1.68. The van der Waals surface area contributed by atoms with Crippen LogP contribution in [0.3, 0.4) is 0 Å². The second kappa shape index (κ2) is 4.49. The highest BCUT2D eigenvalue weighted by atomic mass is 16.5. The summed E-state index contributed by atoms with van der Waals surface area (Å²) < 4.78 is 4.58. The van der Waals surface area contributed by atoms with Gasteiger partial charge in [0.15, 0.2) is 0 Å². The number of methoxy groups -OCH3 is 1. The SMILES string of the molecule is COC(=O)c1cc(NC2CC(O)C2)ccn1. The number of rotatable bonds is 3. The van der Waals surface area contributed by atoms with Crippen molar-refractivity contribution in [1.82, 2.24) is 4.98 Å². The third kappa shape index (κ3) is 2.30. The highest BCUT2D eigenvalue weighted by Gasteiger charge is 2.26. The Morgan fingerprint density at radius 3 is 3.00 bits per heavy atom. The molecule has 86 valence electrons. The fourth-order valence-electron chi connectivity index (χ4n) is 1.68. The molecule has 0 atom stereocenters. The zero-order chi connectivity index (χ0) is 11.5. The number of nitrogens with zero attached hydrogens (tertiary/aromatic N) is 1. The van der Waals surface area contributed by atoms with Gasteiger partial charge in [-0.1, -0.05) is 0 Å². The van der Waals surface area contributed by atoms with Gasteiger partial charge >= 0.3 is 5.97 Å². The van der Waals surface area contributed by atoms with Crippen molar-refractivity contribution in [2.45, 2.75) is 25.0 Å². The van der Waals surface area contributed by atoms with E-state index in [2.05, 4.69) is 15.0 Å². The topological polar surface area (TPSA) is 71.5 Å². The van der Waals surface area contributed by atoms with Gasteiger partial charge in [0.1, 0.15) is 5.69 Å². The van der Waals surface area contributed by atoms with Gasteiger partial charge in [-0.2, -0.15) is 0 Å². The van der Waals surface area contributed by atoms with Crippen LogP contribution < -0.4 is 5.32 Å². The van der Waals surface area contributed by atoms with Gasteiger partial charge in [-0.25, -0.2) is 9.78 Å². The Labute approximate surface area is 93.5 Å². The molecule has 1 aliphatic carbocycles. The van der Waals surface area contributed by atoms with Crippen LogP contribution in [0.15, 0.2) is 18.3 Å². The van der Waals surface area contributed by atoms with Gasteiger partial charge in [0.2, 0.25) is 0 Å². The van der Waals surface area contributed by atoms with Gasteiger partial charge in [0, 0.05) is 17.9 Å². The number of hydrogen-bond acceptors (Lipinski definition) is 5. The molecule has 0 amide bonds. The Morgan fingerprint density at radius 1 is 1.62 bits per heavy atom. The summed E-state index contributed by atoms with van der Waals surface area (Å²) in [5.41, 5.74) is 1.11. The molecule has 0 radical (unpaired) electrons. The van der Waals surface area contributed by atoms with Crippen molar-refractivity contribution < 1.29 is 14.6 Å². The van der Waals surface area contributed by atoms with Crippen LogP contribution in [-0.4, -0.2) is 35.3 Å². The van der Waals surface area contributed by atoms with Crippen molar-refractivity contribution in [3.8, 4) is 0 Å². The predicted molar refractivity (Wildman–Crippen MR) is 58.2 cm³/mol. The summed E-state index contributed by atoms with van der Waals surface area (Å²) in [6.07, 6.45) is 2.86. The van der Waals surface area contributed by atoms with Crippen LogP contribution in [0.1, 0.15) is 23.3 Å². The van der Waals surface area contributed by atoms with Crippen LogP contribution in [0.2, 0.25) is 0 Å². The third-order valence-corrected chi connectivity index (χ3v) is 2.64. The molecule has 0 unspecified atom stereocenters. The van der Waals surface area contributed by atoms with E-state index in [4.69, 9.17) is 5.11 Å². The summed E-state index contributed by atoms with van der Waals surface area (Å²) in [5.74, 6) is -0.447. The number of aliphatic hydroxyl groups excluding tert-OH is 1. The van der Waals surface area contributed by atoms with E-state index < -0.39 is 5.97 Å². The molecule has 5 nitrogen and oxygen atoms in total. The van der Waals surface area contributed by atoms with Crippen molar-refractivity contribution in [3.63, 3.8) is 0 Å². The Balaban J connectivity index is 2.02. The molecule has 0 spiro atoms. The maximum atomic E-state index is 11.2. The van der Waals surface area contributed by atoms with Gasteiger partial charge < -0.3 is 15.2 Å². The number of aromatic nitrogens is 1. The number of carbonyl (C=O) groups is 1. The van der Waals surface area contributed by atoms with Crippen molar-refractivity contribution in [2.75, 3.05) is 12.4 Å². The number of ether oxygens (including phenoxy) is 1. The molecule has 1 aromatic heterocycles. The first kappa shape index (κ1) is 10.9.